The van der Waals surface area contributed by atoms with E-state index < -0.39 is 15.8 Å². The van der Waals surface area contributed by atoms with Crippen molar-refractivity contribution in [2.45, 2.75) is 50.1 Å². The number of carbonyl (C=O) groups is 1. The zero-order valence-corrected chi connectivity index (χ0v) is 14.8. The molecule has 1 amide bonds. The van der Waals surface area contributed by atoms with E-state index in [-0.39, 0.29) is 35.4 Å². The Kier molecular flexibility index (Phi) is 4.70. The average Bonchev–Trinajstić information content (AvgIpc) is 2.86. The van der Waals surface area contributed by atoms with Crippen LogP contribution in [-0.4, -0.2) is 36.4 Å². The molecule has 25 heavy (non-hydrogen) atoms. The van der Waals surface area contributed by atoms with Gasteiger partial charge in [0.25, 0.3) is 0 Å². The highest BCUT2D eigenvalue weighted by atomic mass is 32.2. The number of amides is 1. The number of benzene rings is 1. The number of hydrogen-bond donors (Lipinski definition) is 1. The smallest absolute Gasteiger partial charge is 0.408 e. The maximum absolute atomic E-state index is 12.4. The van der Waals surface area contributed by atoms with E-state index in [4.69, 9.17) is 9.56 Å². The molecule has 3 rings (SSSR count). The van der Waals surface area contributed by atoms with Crippen molar-refractivity contribution in [3.63, 3.8) is 0 Å². The molecule has 9 heteroatoms. The summed E-state index contributed by atoms with van der Waals surface area (Å²) in [4.78, 5) is 26.2. The van der Waals surface area contributed by atoms with Crippen LogP contribution in [0, 0.1) is 0 Å². The standard InChI is InChI=1S/C16H21N3O5S/c1-11-4-2-3-8-18(11)15(20)7-9-19-13-6-5-12(25(17,22)23)10-14(13)24-16(19)21/h5-6,10-11H,2-4,7-9H2,1H3,(H2,17,22,23)/t11-/m0/s1. The summed E-state index contributed by atoms with van der Waals surface area (Å²) in [5.74, 6) is -0.615. The van der Waals surface area contributed by atoms with E-state index in [2.05, 4.69) is 0 Å². The molecule has 0 aliphatic carbocycles. The first-order chi connectivity index (χ1) is 11.8. The number of primary sulfonamides is 1. The molecule has 1 fully saturated rings. The van der Waals surface area contributed by atoms with Crippen LogP contribution in [0.4, 0.5) is 0 Å². The van der Waals surface area contributed by atoms with Gasteiger partial charge in [-0.05, 0) is 38.3 Å². The van der Waals surface area contributed by atoms with Crippen LogP contribution in [0.1, 0.15) is 32.6 Å². The minimum Gasteiger partial charge on any atom is -0.408 e. The van der Waals surface area contributed by atoms with Crippen LogP contribution in [0.5, 0.6) is 0 Å². The van der Waals surface area contributed by atoms with E-state index in [1.165, 1.54) is 22.8 Å². The van der Waals surface area contributed by atoms with Gasteiger partial charge in [0.1, 0.15) is 0 Å². The fourth-order valence-electron chi connectivity index (χ4n) is 3.26. The van der Waals surface area contributed by atoms with Crippen molar-refractivity contribution in [3.8, 4) is 0 Å². The van der Waals surface area contributed by atoms with Crippen LogP contribution in [0.15, 0.2) is 32.3 Å². The third kappa shape index (κ3) is 3.62. The number of aromatic nitrogens is 1. The number of carbonyl (C=O) groups excluding carboxylic acids is 1. The molecule has 1 saturated heterocycles. The lowest BCUT2D eigenvalue weighted by molar-refractivity contribution is -0.134. The number of rotatable bonds is 4. The van der Waals surface area contributed by atoms with Gasteiger partial charge in [0.2, 0.25) is 15.9 Å². The first kappa shape index (κ1) is 17.7. The van der Waals surface area contributed by atoms with Crippen molar-refractivity contribution in [3.05, 3.63) is 28.7 Å². The van der Waals surface area contributed by atoms with Crippen LogP contribution in [0.3, 0.4) is 0 Å². The van der Waals surface area contributed by atoms with Crippen molar-refractivity contribution in [2.75, 3.05) is 6.54 Å². The van der Waals surface area contributed by atoms with Crippen LogP contribution >= 0.6 is 0 Å². The van der Waals surface area contributed by atoms with E-state index in [0.717, 1.165) is 25.8 Å². The summed E-state index contributed by atoms with van der Waals surface area (Å²) in [6.07, 6.45) is 3.32. The Morgan fingerprint density at radius 2 is 2.12 bits per heavy atom. The number of hydrogen-bond acceptors (Lipinski definition) is 5. The lowest BCUT2D eigenvalue weighted by Gasteiger charge is -2.33. The molecule has 0 unspecified atom stereocenters. The highest BCUT2D eigenvalue weighted by Crippen LogP contribution is 2.20. The fraction of sp³-hybridized carbons (Fsp3) is 0.500. The topological polar surface area (TPSA) is 116 Å². The monoisotopic (exact) mass is 367 g/mol. The molecule has 0 spiro atoms. The second kappa shape index (κ2) is 6.64. The van der Waals surface area contributed by atoms with Crippen LogP contribution in [-0.2, 0) is 21.4 Å². The Morgan fingerprint density at radius 3 is 2.80 bits per heavy atom. The number of fused-ring (bicyclic) bond motifs is 1. The zero-order chi connectivity index (χ0) is 18.2. The van der Waals surface area contributed by atoms with Gasteiger partial charge in [-0.3, -0.25) is 9.36 Å². The quantitative estimate of drug-likeness (QED) is 0.866. The Balaban J connectivity index is 1.81. The molecular weight excluding hydrogens is 346 g/mol. The Bertz CT molecular complexity index is 960. The zero-order valence-electron chi connectivity index (χ0n) is 14.0. The Morgan fingerprint density at radius 1 is 1.36 bits per heavy atom. The van der Waals surface area contributed by atoms with Gasteiger partial charge in [-0.15, -0.1) is 0 Å². The molecule has 0 saturated carbocycles. The van der Waals surface area contributed by atoms with Crippen molar-refractivity contribution < 1.29 is 17.6 Å². The summed E-state index contributed by atoms with van der Waals surface area (Å²) >= 11 is 0. The van der Waals surface area contributed by atoms with Gasteiger partial charge in [-0.1, -0.05) is 0 Å². The molecule has 0 radical (unpaired) electrons. The van der Waals surface area contributed by atoms with Crippen LogP contribution in [0.25, 0.3) is 11.1 Å². The third-order valence-corrected chi connectivity index (χ3v) is 5.55. The number of likely N-dealkylation sites (tertiary alicyclic amines) is 1. The highest BCUT2D eigenvalue weighted by molar-refractivity contribution is 7.89. The highest BCUT2D eigenvalue weighted by Gasteiger charge is 2.23. The Hall–Kier alpha value is -2.13. The number of nitrogens with zero attached hydrogens (tertiary/aromatic N) is 2. The summed E-state index contributed by atoms with van der Waals surface area (Å²) in [6.45, 7) is 2.96. The van der Waals surface area contributed by atoms with Crippen molar-refractivity contribution in [2.24, 2.45) is 5.14 Å². The number of oxazole rings is 1. The number of nitrogens with two attached hydrogens (primary N) is 1. The van der Waals surface area contributed by atoms with Gasteiger partial charge in [0.05, 0.1) is 10.4 Å². The van der Waals surface area contributed by atoms with Crippen LogP contribution in [0.2, 0.25) is 0 Å². The first-order valence-electron chi connectivity index (χ1n) is 8.23. The van der Waals surface area contributed by atoms with Crippen molar-refractivity contribution in [1.29, 1.82) is 0 Å². The average molecular weight is 367 g/mol. The maximum Gasteiger partial charge on any atom is 0.419 e. The van der Waals surface area contributed by atoms with E-state index in [0.29, 0.717) is 5.52 Å². The lowest BCUT2D eigenvalue weighted by Crippen LogP contribution is -2.42. The lowest BCUT2D eigenvalue weighted by atomic mass is 10.0. The molecule has 2 aromatic rings. The third-order valence-electron chi connectivity index (χ3n) is 4.64. The van der Waals surface area contributed by atoms with Crippen molar-refractivity contribution >= 4 is 27.0 Å². The fourth-order valence-corrected chi connectivity index (χ4v) is 3.78. The molecule has 2 heterocycles. The second-order valence-corrected chi connectivity index (χ2v) is 7.94. The minimum absolute atomic E-state index is 0.00889. The van der Waals surface area contributed by atoms with E-state index in [9.17, 15) is 18.0 Å². The van der Waals surface area contributed by atoms with Gasteiger partial charge in [-0.2, -0.15) is 0 Å². The summed E-state index contributed by atoms with van der Waals surface area (Å²) in [5, 5.41) is 5.08. The molecule has 1 aliphatic rings. The molecular formula is C16H21N3O5S. The van der Waals surface area contributed by atoms with Gasteiger partial charge in [0.15, 0.2) is 5.58 Å². The Labute approximate surface area is 145 Å². The summed E-state index contributed by atoms with van der Waals surface area (Å²) in [5.41, 5.74) is 0.576. The molecule has 0 bridgehead atoms. The predicted molar refractivity (Wildman–Crippen MR) is 91.5 cm³/mol. The van der Waals surface area contributed by atoms with Gasteiger partial charge in [-0.25, -0.2) is 18.4 Å². The van der Waals surface area contributed by atoms with E-state index in [1.54, 1.807) is 0 Å². The molecule has 8 nitrogen and oxygen atoms in total. The maximum atomic E-state index is 12.4. The molecule has 1 aromatic heterocycles. The summed E-state index contributed by atoms with van der Waals surface area (Å²) in [7, 11) is -3.88. The molecule has 136 valence electrons. The number of aryl methyl sites for hydroxylation is 1. The first-order valence-corrected chi connectivity index (χ1v) is 9.77. The summed E-state index contributed by atoms with van der Waals surface area (Å²) in [6, 6.07) is 4.22. The van der Waals surface area contributed by atoms with Gasteiger partial charge in [0, 0.05) is 31.6 Å². The SMILES string of the molecule is C[C@H]1CCCCN1C(=O)CCn1c(=O)oc2cc(S(N)(=O)=O)ccc21. The molecule has 1 aliphatic heterocycles. The summed E-state index contributed by atoms with van der Waals surface area (Å²) < 4.78 is 29.2. The molecule has 2 N–H and O–H groups in total. The largest absolute Gasteiger partial charge is 0.419 e. The van der Waals surface area contributed by atoms with Crippen molar-refractivity contribution in [1.82, 2.24) is 9.47 Å². The van der Waals surface area contributed by atoms with Crippen LogP contribution < -0.4 is 10.9 Å². The van der Waals surface area contributed by atoms with E-state index in [1.807, 2.05) is 11.8 Å². The predicted octanol–water partition coefficient (Wildman–Crippen LogP) is 1.03. The molecule has 1 aromatic carbocycles. The molecule has 1 atom stereocenters. The normalized spacial score (nSPS) is 18.6. The number of piperidine rings is 1. The van der Waals surface area contributed by atoms with Gasteiger partial charge < -0.3 is 9.32 Å². The second-order valence-electron chi connectivity index (χ2n) is 6.38. The minimum atomic E-state index is -3.88. The number of sulfonamides is 1. The van der Waals surface area contributed by atoms with Gasteiger partial charge >= 0.3 is 5.76 Å². The van der Waals surface area contributed by atoms with E-state index >= 15 is 0 Å².